The van der Waals surface area contributed by atoms with E-state index in [-0.39, 0.29) is 6.61 Å². The highest BCUT2D eigenvalue weighted by molar-refractivity contribution is 7.12. The Kier molecular flexibility index (Phi) is 5.58. The van der Waals surface area contributed by atoms with E-state index in [0.29, 0.717) is 0 Å². The van der Waals surface area contributed by atoms with Crippen molar-refractivity contribution >= 4 is 17.4 Å². The molecule has 1 aromatic heterocycles. The van der Waals surface area contributed by atoms with E-state index < -0.39 is 0 Å². The molecule has 0 saturated heterocycles. The fourth-order valence-electron chi connectivity index (χ4n) is 0.685. The van der Waals surface area contributed by atoms with Gasteiger partial charge in [0.1, 0.15) is 5.01 Å². The van der Waals surface area contributed by atoms with Crippen LogP contribution in [0.15, 0.2) is 6.58 Å². The van der Waals surface area contributed by atoms with Gasteiger partial charge < -0.3 is 5.11 Å². The molecule has 0 saturated carbocycles. The number of aliphatic hydroxyl groups is 1. The van der Waals surface area contributed by atoms with Gasteiger partial charge in [-0.25, -0.2) is 4.98 Å². The monoisotopic (exact) mass is 185 g/mol. The quantitative estimate of drug-likeness (QED) is 0.768. The minimum Gasteiger partial charge on any atom is -0.391 e. The van der Waals surface area contributed by atoms with Crippen LogP contribution in [0.4, 0.5) is 0 Å². The van der Waals surface area contributed by atoms with E-state index in [4.69, 9.17) is 5.11 Å². The van der Waals surface area contributed by atoms with Gasteiger partial charge in [0.15, 0.2) is 0 Å². The Bertz CT molecular complexity index is 243. The molecule has 1 N–H and O–H groups in total. The number of thiazole rings is 1. The van der Waals surface area contributed by atoms with Crippen molar-refractivity contribution < 1.29 is 5.11 Å². The second-order valence-electron chi connectivity index (χ2n) is 1.92. The molecule has 0 unspecified atom stereocenters. The number of aliphatic hydroxyl groups excluding tert-OH is 1. The molecule has 0 bridgehead atoms. The Balaban J connectivity index is 0.000000561. The third-order valence-electron chi connectivity index (χ3n) is 1.23. The normalized spacial score (nSPS) is 8.67. The van der Waals surface area contributed by atoms with E-state index >= 15 is 0 Å². The van der Waals surface area contributed by atoms with Crippen LogP contribution in [0.5, 0.6) is 0 Å². The molecule has 3 heteroatoms. The van der Waals surface area contributed by atoms with E-state index in [0.717, 1.165) is 15.6 Å². The van der Waals surface area contributed by atoms with Crippen molar-refractivity contribution in [3.63, 3.8) is 0 Å². The summed E-state index contributed by atoms with van der Waals surface area (Å²) in [6.07, 6.45) is 1.69. The molecule has 0 atom stereocenters. The smallest absolute Gasteiger partial charge is 0.116 e. The summed E-state index contributed by atoms with van der Waals surface area (Å²) in [7, 11) is 0. The third kappa shape index (κ3) is 2.75. The Hall–Kier alpha value is -0.670. The average molecular weight is 185 g/mol. The molecule has 0 spiro atoms. The number of rotatable bonds is 2. The van der Waals surface area contributed by atoms with E-state index in [2.05, 4.69) is 11.6 Å². The molecular formula is C9H15NOS. The van der Waals surface area contributed by atoms with Crippen molar-refractivity contribution in [1.29, 1.82) is 0 Å². The second kappa shape index (κ2) is 5.91. The van der Waals surface area contributed by atoms with Gasteiger partial charge in [0.05, 0.1) is 17.2 Å². The van der Waals surface area contributed by atoms with Crippen molar-refractivity contribution in [2.75, 3.05) is 0 Å². The van der Waals surface area contributed by atoms with E-state index in [1.54, 1.807) is 6.08 Å². The summed E-state index contributed by atoms with van der Waals surface area (Å²) in [5.74, 6) is 0. The Morgan fingerprint density at radius 2 is 2.17 bits per heavy atom. The van der Waals surface area contributed by atoms with Crippen LogP contribution in [0.25, 0.3) is 6.08 Å². The van der Waals surface area contributed by atoms with E-state index in [9.17, 15) is 0 Å². The van der Waals surface area contributed by atoms with Crippen molar-refractivity contribution in [3.8, 4) is 0 Å². The zero-order valence-corrected chi connectivity index (χ0v) is 8.61. The predicted octanol–water partition coefficient (Wildman–Crippen LogP) is 2.61. The molecule has 1 heterocycles. The lowest BCUT2D eigenvalue weighted by Gasteiger charge is -1.85. The van der Waals surface area contributed by atoms with Gasteiger partial charge in [-0.2, -0.15) is 0 Å². The fraction of sp³-hybridized carbons (Fsp3) is 0.444. The number of aryl methyl sites for hydroxylation is 1. The lowest BCUT2D eigenvalue weighted by Crippen LogP contribution is -1.80. The largest absolute Gasteiger partial charge is 0.391 e. The molecule has 2 nitrogen and oxygen atoms in total. The molecule has 0 radical (unpaired) electrons. The molecule has 1 aromatic rings. The van der Waals surface area contributed by atoms with Crippen LogP contribution in [-0.4, -0.2) is 10.1 Å². The lowest BCUT2D eigenvalue weighted by molar-refractivity contribution is 0.284. The summed E-state index contributed by atoms with van der Waals surface area (Å²) in [4.78, 5) is 5.07. The first-order valence-corrected chi connectivity index (χ1v) is 4.79. The third-order valence-corrected chi connectivity index (χ3v) is 2.37. The summed E-state index contributed by atoms with van der Waals surface area (Å²) in [6, 6.07) is 0. The molecule has 0 aliphatic carbocycles. The maximum absolute atomic E-state index is 8.76. The van der Waals surface area contributed by atoms with Gasteiger partial charge in [-0.1, -0.05) is 20.4 Å². The number of nitrogens with zero attached hydrogens (tertiary/aromatic N) is 1. The van der Waals surface area contributed by atoms with Crippen molar-refractivity contribution in [1.82, 2.24) is 4.98 Å². The summed E-state index contributed by atoms with van der Waals surface area (Å²) in [5.41, 5.74) is 0.905. The van der Waals surface area contributed by atoms with E-state index in [1.807, 2.05) is 20.8 Å². The van der Waals surface area contributed by atoms with Crippen LogP contribution in [0, 0.1) is 6.92 Å². The minimum absolute atomic E-state index is 0.0807. The molecular weight excluding hydrogens is 170 g/mol. The summed E-state index contributed by atoms with van der Waals surface area (Å²) >= 11 is 1.48. The van der Waals surface area contributed by atoms with Gasteiger partial charge in [0.2, 0.25) is 0 Å². The van der Waals surface area contributed by atoms with Gasteiger partial charge in [-0.15, -0.1) is 11.3 Å². The lowest BCUT2D eigenvalue weighted by atomic mass is 10.4. The SMILES string of the molecule is C=Cc1nc(C)c(CO)s1.CC. The number of hydrogen-bond acceptors (Lipinski definition) is 3. The van der Waals surface area contributed by atoms with Gasteiger partial charge in [0.25, 0.3) is 0 Å². The topological polar surface area (TPSA) is 33.1 Å². The average Bonchev–Trinajstić information content (AvgIpc) is 2.49. The standard InChI is InChI=1S/C7H9NOS.C2H6/c1-3-7-8-5(2)6(4-9)10-7;1-2/h3,9H,1,4H2,2H3;1-2H3. The molecule has 0 amide bonds. The van der Waals surface area contributed by atoms with Crippen LogP contribution in [-0.2, 0) is 6.61 Å². The zero-order chi connectivity index (χ0) is 9.56. The molecule has 12 heavy (non-hydrogen) atoms. The van der Waals surface area contributed by atoms with Gasteiger partial charge >= 0.3 is 0 Å². The molecule has 0 fully saturated rings. The highest BCUT2D eigenvalue weighted by Gasteiger charge is 2.02. The van der Waals surface area contributed by atoms with Crippen LogP contribution >= 0.6 is 11.3 Å². The predicted molar refractivity (Wildman–Crippen MR) is 54.2 cm³/mol. The minimum atomic E-state index is 0.0807. The van der Waals surface area contributed by atoms with Gasteiger partial charge in [-0.05, 0) is 13.0 Å². The number of aromatic nitrogens is 1. The first-order chi connectivity index (χ1) is 5.77. The molecule has 0 aliphatic heterocycles. The molecule has 68 valence electrons. The van der Waals surface area contributed by atoms with Crippen LogP contribution in [0.3, 0.4) is 0 Å². The van der Waals surface area contributed by atoms with Crippen LogP contribution in [0.2, 0.25) is 0 Å². The number of hydrogen-bond donors (Lipinski definition) is 1. The van der Waals surface area contributed by atoms with Crippen LogP contribution < -0.4 is 0 Å². The van der Waals surface area contributed by atoms with Gasteiger partial charge in [0, 0.05) is 0 Å². The molecule has 0 aliphatic rings. The highest BCUT2D eigenvalue weighted by atomic mass is 32.1. The van der Waals surface area contributed by atoms with Crippen LogP contribution in [0.1, 0.15) is 29.4 Å². The Morgan fingerprint density at radius 3 is 2.42 bits per heavy atom. The summed E-state index contributed by atoms with van der Waals surface area (Å²) in [5, 5.41) is 9.64. The highest BCUT2D eigenvalue weighted by Crippen LogP contribution is 2.17. The van der Waals surface area contributed by atoms with Crippen molar-refractivity contribution in [2.45, 2.75) is 27.4 Å². The fourth-order valence-corrected chi connectivity index (χ4v) is 1.46. The maximum Gasteiger partial charge on any atom is 0.116 e. The Morgan fingerprint density at radius 1 is 1.58 bits per heavy atom. The van der Waals surface area contributed by atoms with Crippen molar-refractivity contribution in [3.05, 3.63) is 22.2 Å². The Labute approximate surface area is 77.6 Å². The first-order valence-electron chi connectivity index (χ1n) is 3.97. The van der Waals surface area contributed by atoms with E-state index in [1.165, 1.54) is 11.3 Å². The second-order valence-corrected chi connectivity index (χ2v) is 3.04. The summed E-state index contributed by atoms with van der Waals surface area (Å²) in [6.45, 7) is 9.55. The summed E-state index contributed by atoms with van der Waals surface area (Å²) < 4.78 is 0. The van der Waals surface area contributed by atoms with Gasteiger partial charge in [-0.3, -0.25) is 0 Å². The zero-order valence-electron chi connectivity index (χ0n) is 7.79. The molecule has 0 aromatic carbocycles. The molecule has 1 rings (SSSR count). The van der Waals surface area contributed by atoms with Crippen molar-refractivity contribution in [2.24, 2.45) is 0 Å². The maximum atomic E-state index is 8.76. The first kappa shape index (κ1) is 11.3.